The Bertz CT molecular complexity index is 1150. The molecule has 2 N–H and O–H groups in total. The van der Waals surface area contributed by atoms with Gasteiger partial charge in [0.2, 0.25) is 0 Å². The van der Waals surface area contributed by atoms with E-state index >= 15 is 0 Å². The predicted octanol–water partition coefficient (Wildman–Crippen LogP) is 4.60. The first-order valence-electron chi connectivity index (χ1n) is 10.2. The average molecular weight is 467 g/mol. The van der Waals surface area contributed by atoms with Gasteiger partial charge < -0.3 is 20.1 Å². The Hall–Kier alpha value is -3.84. The van der Waals surface area contributed by atoms with Gasteiger partial charge in [-0.1, -0.05) is 29.8 Å². The van der Waals surface area contributed by atoms with Crippen LogP contribution in [0.2, 0.25) is 5.02 Å². The van der Waals surface area contributed by atoms with E-state index in [-0.39, 0.29) is 18.4 Å². The molecule has 0 aliphatic rings. The lowest BCUT2D eigenvalue weighted by Crippen LogP contribution is -2.35. The highest BCUT2D eigenvalue weighted by molar-refractivity contribution is 6.30. The number of hydrogen-bond acceptors (Lipinski definition) is 5. The quantitative estimate of drug-likeness (QED) is 0.374. The largest absolute Gasteiger partial charge is 0.481 e. The molecule has 3 aromatic rings. The molecule has 0 saturated carbocycles. The lowest BCUT2D eigenvalue weighted by Gasteiger charge is -2.15. The number of carbonyl (C=O) groups excluding carboxylic acids is 3. The second-order valence-corrected chi connectivity index (χ2v) is 7.64. The highest BCUT2D eigenvalue weighted by Crippen LogP contribution is 2.18. The van der Waals surface area contributed by atoms with E-state index in [1.54, 1.807) is 67.6 Å². The predicted molar refractivity (Wildman–Crippen MR) is 126 cm³/mol. The lowest BCUT2D eigenvalue weighted by molar-refractivity contribution is -0.132. The summed E-state index contributed by atoms with van der Waals surface area (Å²) in [4.78, 5) is 36.1. The van der Waals surface area contributed by atoms with E-state index in [1.165, 1.54) is 13.0 Å². The molecule has 0 aliphatic heterocycles. The van der Waals surface area contributed by atoms with Crippen molar-refractivity contribution in [2.75, 3.05) is 5.32 Å². The number of amides is 2. The lowest BCUT2D eigenvalue weighted by atomic mass is 10.1. The average Bonchev–Trinajstić information content (AvgIpc) is 2.79. The zero-order chi connectivity index (χ0) is 23.8. The van der Waals surface area contributed by atoms with Crippen LogP contribution in [0.5, 0.6) is 11.5 Å². The van der Waals surface area contributed by atoms with Crippen molar-refractivity contribution in [3.63, 3.8) is 0 Å². The second kappa shape index (κ2) is 11.2. The minimum atomic E-state index is -0.696. The number of nitrogens with one attached hydrogen (secondary N) is 2. The van der Waals surface area contributed by atoms with Crippen LogP contribution in [-0.2, 0) is 16.1 Å². The summed E-state index contributed by atoms with van der Waals surface area (Å²) in [6.45, 7) is 3.21. The Morgan fingerprint density at radius 1 is 0.939 bits per heavy atom. The normalized spacial score (nSPS) is 11.2. The van der Waals surface area contributed by atoms with Crippen molar-refractivity contribution in [2.24, 2.45) is 0 Å². The summed E-state index contributed by atoms with van der Waals surface area (Å²) in [7, 11) is 0. The highest BCUT2D eigenvalue weighted by Gasteiger charge is 2.15. The molecule has 7 nitrogen and oxygen atoms in total. The van der Waals surface area contributed by atoms with E-state index in [1.807, 2.05) is 6.07 Å². The topological polar surface area (TPSA) is 93.7 Å². The molecule has 1 unspecified atom stereocenters. The smallest absolute Gasteiger partial charge is 0.308 e. The molecule has 170 valence electrons. The second-order valence-electron chi connectivity index (χ2n) is 7.21. The van der Waals surface area contributed by atoms with Gasteiger partial charge in [0, 0.05) is 29.7 Å². The van der Waals surface area contributed by atoms with E-state index in [4.69, 9.17) is 21.1 Å². The van der Waals surface area contributed by atoms with Crippen molar-refractivity contribution >= 4 is 35.1 Å². The fraction of sp³-hybridized carbons (Fsp3) is 0.160. The molecule has 0 aromatic heterocycles. The molecule has 0 fully saturated rings. The highest BCUT2D eigenvalue weighted by atomic mass is 35.5. The van der Waals surface area contributed by atoms with Gasteiger partial charge in [-0.25, -0.2) is 0 Å². The monoisotopic (exact) mass is 466 g/mol. The van der Waals surface area contributed by atoms with Crippen molar-refractivity contribution < 1.29 is 23.9 Å². The maximum absolute atomic E-state index is 12.6. The molecule has 8 heteroatoms. The number of carbonyl (C=O) groups is 3. The van der Waals surface area contributed by atoms with Gasteiger partial charge in [0.25, 0.3) is 11.8 Å². The molecule has 0 radical (unpaired) electrons. The van der Waals surface area contributed by atoms with E-state index in [2.05, 4.69) is 10.6 Å². The number of esters is 1. The third-order valence-corrected chi connectivity index (χ3v) is 4.76. The van der Waals surface area contributed by atoms with Gasteiger partial charge in [-0.05, 0) is 67.1 Å². The minimum absolute atomic E-state index is 0.263. The van der Waals surface area contributed by atoms with Crippen LogP contribution in [0.3, 0.4) is 0 Å². The first kappa shape index (κ1) is 23.8. The van der Waals surface area contributed by atoms with E-state index in [0.29, 0.717) is 27.8 Å². The third-order valence-electron chi connectivity index (χ3n) is 4.51. The maximum Gasteiger partial charge on any atom is 0.308 e. The van der Waals surface area contributed by atoms with Crippen LogP contribution in [-0.4, -0.2) is 23.9 Å². The molecular weight excluding hydrogens is 444 g/mol. The number of rotatable bonds is 8. The minimum Gasteiger partial charge on any atom is -0.481 e. The Morgan fingerprint density at radius 3 is 2.39 bits per heavy atom. The zero-order valence-electron chi connectivity index (χ0n) is 18.1. The van der Waals surface area contributed by atoms with Gasteiger partial charge in [-0.3, -0.25) is 14.4 Å². The van der Waals surface area contributed by atoms with Gasteiger partial charge in [-0.15, -0.1) is 0 Å². The fourth-order valence-corrected chi connectivity index (χ4v) is 3.06. The standard InChI is InChI=1S/C25H23ClN2O5/c1-16(32-22-11-9-20(26)10-12-22)24(30)27-15-18-5-3-7-21(13-18)28-25(31)19-6-4-8-23(14-19)33-17(2)29/h3-14,16H,15H2,1-2H3,(H,27,30)(H,28,31). The molecule has 2 amide bonds. The number of hydrogen-bond donors (Lipinski definition) is 2. The molecule has 0 aliphatic carbocycles. The van der Waals surface area contributed by atoms with Crippen molar-refractivity contribution in [1.29, 1.82) is 0 Å². The van der Waals surface area contributed by atoms with Gasteiger partial charge in [0.1, 0.15) is 11.5 Å². The van der Waals surface area contributed by atoms with Crippen LogP contribution in [0.4, 0.5) is 5.69 Å². The molecule has 3 aromatic carbocycles. The fourth-order valence-electron chi connectivity index (χ4n) is 2.93. The van der Waals surface area contributed by atoms with Crippen LogP contribution < -0.4 is 20.1 Å². The van der Waals surface area contributed by atoms with Crippen LogP contribution in [0.25, 0.3) is 0 Å². The maximum atomic E-state index is 12.6. The Kier molecular flexibility index (Phi) is 8.05. The first-order chi connectivity index (χ1) is 15.8. The van der Waals surface area contributed by atoms with Gasteiger partial charge >= 0.3 is 5.97 Å². The van der Waals surface area contributed by atoms with Crippen LogP contribution >= 0.6 is 11.6 Å². The number of anilines is 1. The third kappa shape index (κ3) is 7.36. The molecule has 0 spiro atoms. The van der Waals surface area contributed by atoms with Gasteiger partial charge in [0.05, 0.1) is 0 Å². The van der Waals surface area contributed by atoms with E-state index in [9.17, 15) is 14.4 Å². The van der Waals surface area contributed by atoms with Crippen molar-refractivity contribution in [3.8, 4) is 11.5 Å². The van der Waals surface area contributed by atoms with Crippen LogP contribution in [0.15, 0.2) is 72.8 Å². The Balaban J connectivity index is 1.56. The van der Waals surface area contributed by atoms with Gasteiger partial charge in [0.15, 0.2) is 6.10 Å². The molecule has 0 heterocycles. The molecule has 0 saturated heterocycles. The van der Waals surface area contributed by atoms with E-state index < -0.39 is 12.1 Å². The summed E-state index contributed by atoms with van der Waals surface area (Å²) in [5.74, 6) is -0.252. The molecule has 3 rings (SSSR count). The van der Waals surface area contributed by atoms with E-state index in [0.717, 1.165) is 5.56 Å². The van der Waals surface area contributed by atoms with Crippen LogP contribution in [0.1, 0.15) is 29.8 Å². The van der Waals surface area contributed by atoms with Gasteiger partial charge in [-0.2, -0.15) is 0 Å². The summed E-state index contributed by atoms with van der Waals surface area (Å²) in [5, 5.41) is 6.20. The summed E-state index contributed by atoms with van der Waals surface area (Å²) in [5.41, 5.74) is 1.71. The number of ether oxygens (including phenoxy) is 2. The summed E-state index contributed by atoms with van der Waals surface area (Å²) < 4.78 is 10.6. The van der Waals surface area contributed by atoms with Crippen molar-refractivity contribution in [3.05, 3.63) is 88.9 Å². The molecule has 1 atom stereocenters. The summed E-state index contributed by atoms with van der Waals surface area (Å²) >= 11 is 5.85. The van der Waals surface area contributed by atoms with Crippen molar-refractivity contribution in [2.45, 2.75) is 26.5 Å². The van der Waals surface area contributed by atoms with Crippen LogP contribution in [0, 0.1) is 0 Å². The SMILES string of the molecule is CC(=O)Oc1cccc(C(=O)Nc2cccc(CNC(=O)C(C)Oc3ccc(Cl)cc3)c2)c1. The number of halogens is 1. The molecule has 33 heavy (non-hydrogen) atoms. The summed E-state index contributed by atoms with van der Waals surface area (Å²) in [6, 6.07) is 20.2. The van der Waals surface area contributed by atoms with Crippen molar-refractivity contribution in [1.82, 2.24) is 5.32 Å². The zero-order valence-corrected chi connectivity index (χ0v) is 18.9. The number of benzene rings is 3. The Morgan fingerprint density at radius 2 is 1.67 bits per heavy atom. The molecule has 0 bridgehead atoms. The first-order valence-corrected chi connectivity index (χ1v) is 10.6. The molecular formula is C25H23ClN2O5. The Labute approximate surface area is 196 Å². The summed E-state index contributed by atoms with van der Waals surface area (Å²) in [6.07, 6.45) is -0.696.